The molecule has 5 heteroatoms. The first kappa shape index (κ1) is 37.6. The van der Waals surface area contributed by atoms with Gasteiger partial charge in [0.2, 0.25) is 0 Å². The molecule has 2 heterocycles. The van der Waals surface area contributed by atoms with E-state index in [2.05, 4.69) is 201 Å². The Morgan fingerprint density at radius 2 is 1.23 bits per heavy atom. The molecule has 4 aliphatic rings. The lowest BCUT2D eigenvalue weighted by molar-refractivity contribution is 0.662. The molecule has 0 radical (unpaired) electrons. The molecule has 1 N–H and O–H groups in total. The van der Waals surface area contributed by atoms with Crippen molar-refractivity contribution in [3.63, 3.8) is 0 Å². The van der Waals surface area contributed by atoms with Gasteiger partial charge in [0, 0.05) is 39.5 Å². The van der Waals surface area contributed by atoms with E-state index in [0.717, 1.165) is 34.8 Å². The minimum atomic E-state index is -0.230. The molecule has 2 unspecified atom stereocenters. The lowest BCUT2D eigenvalue weighted by atomic mass is 9.78. The molecule has 11 rings (SSSR count). The highest BCUT2D eigenvalue weighted by atomic mass is 32.1. The van der Waals surface area contributed by atoms with Crippen molar-refractivity contribution in [3.8, 4) is 22.3 Å². The van der Waals surface area contributed by atoms with Crippen molar-refractivity contribution in [1.82, 2.24) is 5.32 Å². The first-order valence-electron chi connectivity index (χ1n) is 20.7. The Kier molecular flexibility index (Phi) is 9.70. The summed E-state index contributed by atoms with van der Waals surface area (Å²) in [4.78, 5) is 12.5. The monoisotopic (exact) mass is 794 g/mol. The van der Waals surface area contributed by atoms with Crippen LogP contribution in [0.25, 0.3) is 27.8 Å². The van der Waals surface area contributed by atoms with Crippen LogP contribution in [-0.2, 0) is 5.41 Å². The van der Waals surface area contributed by atoms with Crippen LogP contribution in [0.3, 0.4) is 0 Å². The fraction of sp³-hybridized carbons (Fsp3) is 0.127. The van der Waals surface area contributed by atoms with E-state index >= 15 is 0 Å². The van der Waals surface area contributed by atoms with Gasteiger partial charge in [-0.25, -0.2) is 9.98 Å². The van der Waals surface area contributed by atoms with Crippen LogP contribution in [0, 0.1) is 0 Å². The van der Waals surface area contributed by atoms with Gasteiger partial charge in [-0.2, -0.15) is 12.6 Å². The number of thiol groups is 1. The second kappa shape index (κ2) is 15.5. The van der Waals surface area contributed by atoms with Crippen molar-refractivity contribution < 1.29 is 0 Å². The van der Waals surface area contributed by atoms with Crippen LogP contribution in [0.4, 0.5) is 11.4 Å². The molecule has 0 bridgehead atoms. The van der Waals surface area contributed by atoms with Crippen LogP contribution < -0.4 is 10.2 Å². The molecular formula is C55H46N4S. The molecule has 0 saturated carbocycles. The molecule has 7 aromatic carbocycles. The van der Waals surface area contributed by atoms with Gasteiger partial charge >= 0.3 is 0 Å². The first-order chi connectivity index (χ1) is 29.5. The van der Waals surface area contributed by atoms with E-state index in [1.807, 2.05) is 24.3 Å². The second-order valence-electron chi connectivity index (χ2n) is 16.2. The second-order valence-corrected chi connectivity index (χ2v) is 16.2. The van der Waals surface area contributed by atoms with Gasteiger partial charge in [0.05, 0.1) is 0 Å². The third kappa shape index (κ3) is 6.41. The van der Waals surface area contributed by atoms with Crippen LogP contribution in [0.1, 0.15) is 71.3 Å². The number of allylic oxidation sites excluding steroid dienone is 4. The molecule has 2 aliphatic heterocycles. The Balaban J connectivity index is 0.00000213. The van der Waals surface area contributed by atoms with Gasteiger partial charge in [-0.05, 0) is 98.7 Å². The van der Waals surface area contributed by atoms with Gasteiger partial charge in [-0.15, -0.1) is 0 Å². The van der Waals surface area contributed by atoms with Crippen molar-refractivity contribution in [3.05, 3.63) is 233 Å². The number of hydrogen-bond acceptors (Lipinski definition) is 5. The maximum Gasteiger partial charge on any atom is 0.159 e. The maximum atomic E-state index is 5.05. The maximum absolute atomic E-state index is 5.05. The van der Waals surface area contributed by atoms with Crippen molar-refractivity contribution in [1.29, 1.82) is 0 Å². The normalized spacial score (nSPS) is 17.9. The number of benzene rings is 7. The van der Waals surface area contributed by atoms with Gasteiger partial charge in [0.1, 0.15) is 12.0 Å². The van der Waals surface area contributed by atoms with Crippen LogP contribution in [0.15, 0.2) is 204 Å². The average Bonchev–Trinajstić information content (AvgIpc) is 3.78. The summed E-state index contributed by atoms with van der Waals surface area (Å²) >= 11 is 3.53. The molecule has 60 heavy (non-hydrogen) atoms. The minimum Gasteiger partial charge on any atom is -0.344 e. The van der Waals surface area contributed by atoms with Crippen LogP contribution in [0.2, 0.25) is 0 Å². The Morgan fingerprint density at radius 1 is 0.600 bits per heavy atom. The minimum absolute atomic E-state index is 0.0906. The highest BCUT2D eigenvalue weighted by molar-refractivity contribution is 7.79. The lowest BCUT2D eigenvalue weighted by Crippen LogP contribution is -2.33. The number of nitrogens with one attached hydrogen (secondary N) is 1. The van der Waals surface area contributed by atoms with Gasteiger partial charge in [0.15, 0.2) is 5.84 Å². The molecule has 0 amide bonds. The Hall–Kier alpha value is -6.69. The summed E-state index contributed by atoms with van der Waals surface area (Å²) in [5.41, 5.74) is 18.9. The highest BCUT2D eigenvalue weighted by Crippen LogP contribution is 2.56. The quantitative estimate of drug-likeness (QED) is 0.165. The molecular weight excluding hydrogens is 749 g/mol. The van der Waals surface area contributed by atoms with Crippen molar-refractivity contribution in [2.75, 3.05) is 11.2 Å². The Labute approximate surface area is 358 Å². The average molecular weight is 795 g/mol. The molecule has 292 valence electrons. The number of fused-ring (bicyclic) bond motifs is 6. The molecule has 0 aromatic heterocycles. The van der Waals surface area contributed by atoms with Gasteiger partial charge in [0.25, 0.3) is 0 Å². The molecule has 7 aromatic rings. The number of hydrogen-bond donors (Lipinski definition) is 2. The fourth-order valence-electron chi connectivity index (χ4n) is 9.67. The topological polar surface area (TPSA) is 40.0 Å². The largest absolute Gasteiger partial charge is 0.344 e. The molecule has 0 spiro atoms. The number of amidine groups is 2. The first-order valence-corrected chi connectivity index (χ1v) is 21.6. The van der Waals surface area contributed by atoms with E-state index in [1.165, 1.54) is 67.2 Å². The summed E-state index contributed by atoms with van der Waals surface area (Å²) in [7, 11) is 0. The number of aliphatic imine (C=N–C) groups is 2. The molecule has 2 atom stereocenters. The molecule has 2 aliphatic carbocycles. The van der Waals surface area contributed by atoms with E-state index in [-0.39, 0.29) is 17.5 Å². The number of para-hydroxylation sites is 1. The van der Waals surface area contributed by atoms with Crippen molar-refractivity contribution in [2.24, 2.45) is 9.98 Å². The van der Waals surface area contributed by atoms with Crippen molar-refractivity contribution in [2.45, 2.75) is 37.8 Å². The van der Waals surface area contributed by atoms with Gasteiger partial charge < -0.3 is 10.2 Å². The predicted octanol–water partition coefficient (Wildman–Crippen LogP) is 13.3. The third-order valence-electron chi connectivity index (χ3n) is 12.5. The summed E-state index contributed by atoms with van der Waals surface area (Å²) in [5, 5.41) is 3.62. The van der Waals surface area contributed by atoms with Gasteiger partial charge in [-0.1, -0.05) is 172 Å². The SMILES string of the molecule is CC1(C)c2ccccc2-c2cccc(-c3ccc4c(c3)C3CC(c5ccc(C6=NC(c7ccccc7)=NC(c7ccccc7)N6)cc5)=CC=C3N4c3ccccc3)c21.CS. The Bertz CT molecular complexity index is 2860. The highest BCUT2D eigenvalue weighted by Gasteiger charge is 2.39. The summed E-state index contributed by atoms with van der Waals surface area (Å²) in [6, 6.07) is 63.3. The molecule has 0 fully saturated rings. The summed E-state index contributed by atoms with van der Waals surface area (Å²) in [5.74, 6) is 1.77. The van der Waals surface area contributed by atoms with E-state index in [0.29, 0.717) is 0 Å². The number of nitrogens with zero attached hydrogens (tertiary/aromatic N) is 3. The van der Waals surface area contributed by atoms with Crippen LogP contribution >= 0.6 is 12.6 Å². The zero-order chi connectivity index (χ0) is 40.8. The molecule has 4 nitrogen and oxygen atoms in total. The number of rotatable bonds is 6. The van der Waals surface area contributed by atoms with E-state index in [4.69, 9.17) is 9.98 Å². The van der Waals surface area contributed by atoms with E-state index < -0.39 is 0 Å². The molecule has 0 saturated heterocycles. The zero-order valence-corrected chi connectivity index (χ0v) is 34.9. The zero-order valence-electron chi connectivity index (χ0n) is 34.0. The summed E-state index contributed by atoms with van der Waals surface area (Å²) in [6.07, 6.45) is 7.06. The van der Waals surface area contributed by atoms with Crippen LogP contribution in [0.5, 0.6) is 0 Å². The lowest BCUT2D eigenvalue weighted by Gasteiger charge is -2.26. The standard InChI is InChI=1S/C54H42N4.CH4S/c1-54(2)47-24-13-12-21-43(47)44-23-14-22-42(50(44)54)40-30-32-49-46(34-40)45-33-39(29-31-48(45)58(49)41-19-10-5-11-20-41)35-25-27-38(28-26-35)53-56-51(36-15-6-3-7-16-36)55-52(57-53)37-17-8-4-9-18-37;1-2/h3-32,34,45,51H,33H2,1-2H3,(H,55,56,57);2H,1H3. The predicted molar refractivity (Wildman–Crippen MR) is 255 cm³/mol. The van der Waals surface area contributed by atoms with Gasteiger partial charge in [-0.3, -0.25) is 0 Å². The van der Waals surface area contributed by atoms with E-state index in [1.54, 1.807) is 6.26 Å². The summed E-state index contributed by atoms with van der Waals surface area (Å²) in [6.45, 7) is 4.76. The number of anilines is 2. The summed E-state index contributed by atoms with van der Waals surface area (Å²) < 4.78 is 0. The van der Waals surface area contributed by atoms with Crippen LogP contribution in [-0.4, -0.2) is 17.9 Å². The van der Waals surface area contributed by atoms with E-state index in [9.17, 15) is 0 Å². The Morgan fingerprint density at radius 3 is 2.00 bits per heavy atom. The van der Waals surface area contributed by atoms with Crippen molar-refractivity contribution >= 4 is 41.2 Å². The fourth-order valence-corrected chi connectivity index (χ4v) is 9.67. The smallest absolute Gasteiger partial charge is 0.159 e. The third-order valence-corrected chi connectivity index (χ3v) is 12.5.